The standard InChI is InChI=1S/C13H13N3O2/c17-13-15-12(10-14-18)7-9-16(13)8-6-11-4-2-1-3-5-11/h1-5,7,9-10,18H,6,8H2/b14-10-. The fraction of sp³-hybridized carbons (Fsp3) is 0.154. The second-order valence-electron chi connectivity index (χ2n) is 3.81. The number of aromatic nitrogens is 2. The Morgan fingerprint density at radius 1 is 1.28 bits per heavy atom. The lowest BCUT2D eigenvalue weighted by Gasteiger charge is -2.04. The van der Waals surface area contributed by atoms with E-state index in [0.29, 0.717) is 12.2 Å². The summed E-state index contributed by atoms with van der Waals surface area (Å²) in [5.74, 6) is 0. The smallest absolute Gasteiger partial charge is 0.348 e. The van der Waals surface area contributed by atoms with Gasteiger partial charge in [-0.3, -0.25) is 4.57 Å². The first kappa shape index (κ1) is 12.0. The number of aryl methyl sites for hydroxylation is 2. The second kappa shape index (κ2) is 5.77. The van der Waals surface area contributed by atoms with E-state index in [4.69, 9.17) is 5.21 Å². The normalized spacial score (nSPS) is 10.9. The fourth-order valence-corrected chi connectivity index (χ4v) is 1.64. The van der Waals surface area contributed by atoms with E-state index in [0.717, 1.165) is 12.6 Å². The molecule has 2 aromatic rings. The number of nitrogens with zero attached hydrogens (tertiary/aromatic N) is 3. The van der Waals surface area contributed by atoms with E-state index in [2.05, 4.69) is 10.1 Å². The van der Waals surface area contributed by atoms with E-state index in [-0.39, 0.29) is 5.69 Å². The van der Waals surface area contributed by atoms with Crippen LogP contribution in [0, 0.1) is 0 Å². The molecule has 0 saturated carbocycles. The van der Waals surface area contributed by atoms with Crippen molar-refractivity contribution >= 4 is 6.21 Å². The Morgan fingerprint density at radius 3 is 2.72 bits per heavy atom. The molecule has 1 aromatic heterocycles. The van der Waals surface area contributed by atoms with Crippen molar-refractivity contribution in [3.05, 3.63) is 64.3 Å². The predicted octanol–water partition coefficient (Wildman–Crippen LogP) is 1.29. The van der Waals surface area contributed by atoms with Crippen LogP contribution in [0.4, 0.5) is 0 Å². The molecule has 0 saturated heterocycles. The first-order valence-corrected chi connectivity index (χ1v) is 5.58. The highest BCUT2D eigenvalue weighted by molar-refractivity contribution is 5.75. The van der Waals surface area contributed by atoms with Gasteiger partial charge in [0, 0.05) is 12.7 Å². The molecule has 0 bridgehead atoms. The molecule has 0 unspecified atom stereocenters. The third-order valence-corrected chi connectivity index (χ3v) is 2.57. The molecule has 0 atom stereocenters. The van der Waals surface area contributed by atoms with Crippen LogP contribution in [0.1, 0.15) is 11.3 Å². The molecule has 92 valence electrons. The van der Waals surface area contributed by atoms with E-state index in [1.54, 1.807) is 12.3 Å². The number of hydrogen-bond donors (Lipinski definition) is 1. The summed E-state index contributed by atoms with van der Waals surface area (Å²) in [7, 11) is 0. The number of benzene rings is 1. The van der Waals surface area contributed by atoms with Gasteiger partial charge in [0.2, 0.25) is 0 Å². The highest BCUT2D eigenvalue weighted by atomic mass is 16.4. The predicted molar refractivity (Wildman–Crippen MR) is 68.0 cm³/mol. The Labute approximate surface area is 104 Å². The number of rotatable bonds is 4. The highest BCUT2D eigenvalue weighted by Crippen LogP contribution is 2.00. The van der Waals surface area contributed by atoms with Crippen molar-refractivity contribution < 1.29 is 5.21 Å². The Morgan fingerprint density at radius 2 is 2.06 bits per heavy atom. The Hall–Kier alpha value is -2.43. The summed E-state index contributed by atoms with van der Waals surface area (Å²) in [6.07, 6.45) is 3.55. The van der Waals surface area contributed by atoms with Gasteiger partial charge in [-0.05, 0) is 18.1 Å². The molecular weight excluding hydrogens is 230 g/mol. The average Bonchev–Trinajstić information content (AvgIpc) is 2.39. The molecule has 5 nitrogen and oxygen atoms in total. The maximum absolute atomic E-state index is 11.6. The van der Waals surface area contributed by atoms with Crippen LogP contribution in [0.2, 0.25) is 0 Å². The third-order valence-electron chi connectivity index (χ3n) is 2.57. The molecule has 0 aliphatic rings. The minimum Gasteiger partial charge on any atom is -0.411 e. The van der Waals surface area contributed by atoms with E-state index in [1.165, 1.54) is 10.1 Å². The minimum atomic E-state index is -0.344. The largest absolute Gasteiger partial charge is 0.411 e. The van der Waals surface area contributed by atoms with Gasteiger partial charge in [0.05, 0.1) is 11.9 Å². The van der Waals surface area contributed by atoms with Crippen molar-refractivity contribution in [2.45, 2.75) is 13.0 Å². The zero-order valence-corrected chi connectivity index (χ0v) is 9.73. The molecule has 1 heterocycles. The van der Waals surface area contributed by atoms with Crippen molar-refractivity contribution in [3.8, 4) is 0 Å². The van der Waals surface area contributed by atoms with Gasteiger partial charge in [-0.15, -0.1) is 0 Å². The Balaban J connectivity index is 2.09. The van der Waals surface area contributed by atoms with Crippen LogP contribution in [0.5, 0.6) is 0 Å². The number of oxime groups is 1. The molecule has 1 aromatic carbocycles. The zero-order valence-electron chi connectivity index (χ0n) is 9.73. The van der Waals surface area contributed by atoms with Crippen molar-refractivity contribution in [1.29, 1.82) is 0 Å². The molecule has 0 radical (unpaired) electrons. The van der Waals surface area contributed by atoms with E-state index >= 15 is 0 Å². The molecule has 0 aliphatic heterocycles. The summed E-state index contributed by atoms with van der Waals surface area (Å²) in [5.41, 5.74) is 1.17. The molecule has 0 amide bonds. The van der Waals surface area contributed by atoms with Crippen molar-refractivity contribution in [2.24, 2.45) is 5.16 Å². The van der Waals surface area contributed by atoms with Crippen LogP contribution < -0.4 is 5.69 Å². The lowest BCUT2D eigenvalue weighted by molar-refractivity contribution is 0.321. The van der Waals surface area contributed by atoms with E-state index < -0.39 is 0 Å². The maximum Gasteiger partial charge on any atom is 0.348 e. The van der Waals surface area contributed by atoms with Crippen LogP contribution in [0.25, 0.3) is 0 Å². The van der Waals surface area contributed by atoms with E-state index in [1.807, 2.05) is 30.3 Å². The van der Waals surface area contributed by atoms with Gasteiger partial charge in [-0.25, -0.2) is 4.79 Å². The van der Waals surface area contributed by atoms with Gasteiger partial charge in [0.1, 0.15) is 0 Å². The van der Waals surface area contributed by atoms with Crippen LogP contribution in [-0.2, 0) is 13.0 Å². The number of hydrogen-bond acceptors (Lipinski definition) is 4. The summed E-state index contributed by atoms with van der Waals surface area (Å²) in [6.45, 7) is 0.576. The van der Waals surface area contributed by atoms with Crippen LogP contribution in [0.15, 0.2) is 52.5 Å². The summed E-state index contributed by atoms with van der Waals surface area (Å²) in [5, 5.41) is 11.2. The van der Waals surface area contributed by atoms with Gasteiger partial charge in [-0.2, -0.15) is 4.98 Å². The maximum atomic E-state index is 11.6. The van der Waals surface area contributed by atoms with Crippen molar-refractivity contribution in [1.82, 2.24) is 9.55 Å². The monoisotopic (exact) mass is 243 g/mol. The summed E-state index contributed by atoms with van der Waals surface area (Å²) in [6, 6.07) is 11.6. The molecule has 1 N–H and O–H groups in total. The topological polar surface area (TPSA) is 67.5 Å². The lowest BCUT2D eigenvalue weighted by atomic mass is 10.1. The zero-order chi connectivity index (χ0) is 12.8. The second-order valence-corrected chi connectivity index (χ2v) is 3.81. The van der Waals surface area contributed by atoms with Gasteiger partial charge < -0.3 is 5.21 Å². The average molecular weight is 243 g/mol. The summed E-state index contributed by atoms with van der Waals surface area (Å²) < 4.78 is 1.53. The summed E-state index contributed by atoms with van der Waals surface area (Å²) in [4.78, 5) is 15.4. The fourth-order valence-electron chi connectivity index (χ4n) is 1.64. The highest BCUT2D eigenvalue weighted by Gasteiger charge is 1.99. The minimum absolute atomic E-state index is 0.344. The molecule has 0 fully saturated rings. The van der Waals surface area contributed by atoms with Crippen molar-refractivity contribution in [2.75, 3.05) is 0 Å². The summed E-state index contributed by atoms with van der Waals surface area (Å²) >= 11 is 0. The molecular formula is C13H13N3O2. The third kappa shape index (κ3) is 3.04. The molecule has 0 aliphatic carbocycles. The first-order valence-electron chi connectivity index (χ1n) is 5.58. The van der Waals surface area contributed by atoms with Gasteiger partial charge in [0.25, 0.3) is 0 Å². The van der Waals surface area contributed by atoms with E-state index in [9.17, 15) is 4.79 Å². The molecule has 2 rings (SSSR count). The molecule has 5 heteroatoms. The van der Waals surface area contributed by atoms with Crippen molar-refractivity contribution in [3.63, 3.8) is 0 Å². The van der Waals surface area contributed by atoms with Crippen LogP contribution in [-0.4, -0.2) is 21.0 Å². The SMILES string of the molecule is O=c1nc(/C=N\O)ccn1CCc1ccccc1. The van der Waals surface area contributed by atoms with Crippen LogP contribution >= 0.6 is 0 Å². The Bertz CT molecular complexity index is 591. The van der Waals surface area contributed by atoms with Crippen LogP contribution in [0.3, 0.4) is 0 Å². The first-order chi connectivity index (χ1) is 8.79. The Kier molecular flexibility index (Phi) is 3.86. The lowest BCUT2D eigenvalue weighted by Crippen LogP contribution is -2.24. The molecule has 0 spiro atoms. The van der Waals surface area contributed by atoms with Gasteiger partial charge in [0.15, 0.2) is 0 Å². The van der Waals surface area contributed by atoms with Gasteiger partial charge in [-0.1, -0.05) is 35.5 Å². The molecule has 18 heavy (non-hydrogen) atoms. The quantitative estimate of drug-likeness (QED) is 0.500. The van der Waals surface area contributed by atoms with Gasteiger partial charge >= 0.3 is 5.69 Å².